The Kier molecular flexibility index (Phi) is 14.3. The van der Waals surface area contributed by atoms with Crippen molar-refractivity contribution in [3.8, 4) is 0 Å². The third kappa shape index (κ3) is 9.64. The molecule has 2 aromatic carbocycles. The summed E-state index contributed by atoms with van der Waals surface area (Å²) < 4.78 is 33.4. The van der Waals surface area contributed by atoms with Gasteiger partial charge in [-0.3, -0.25) is 19.2 Å². The molecule has 6 rings (SSSR count). The second-order valence-electron chi connectivity index (χ2n) is 17.2. The average Bonchev–Trinajstić information content (AvgIpc) is 4.02. The Hall–Kier alpha value is -4.96. The molecule has 16 heteroatoms. The van der Waals surface area contributed by atoms with Gasteiger partial charge in [-0.2, -0.15) is 0 Å². The van der Waals surface area contributed by atoms with Gasteiger partial charge in [0, 0.05) is 63.2 Å². The van der Waals surface area contributed by atoms with Gasteiger partial charge in [-0.1, -0.05) is 27.7 Å². The van der Waals surface area contributed by atoms with Crippen LogP contribution in [0.15, 0.2) is 36.4 Å². The van der Waals surface area contributed by atoms with Crippen LogP contribution in [0.5, 0.6) is 0 Å². The number of aryl methyl sites for hydroxylation is 2. The molecule has 4 amide bonds. The number of likely N-dealkylation sites (tertiary alicyclic amines) is 2. The number of rotatable bonds is 17. The quantitative estimate of drug-likeness (QED) is 0.125. The maximum atomic E-state index is 14.6. The van der Waals surface area contributed by atoms with Crippen molar-refractivity contribution in [3.05, 3.63) is 59.7 Å². The molecule has 4 N–H and O–H groups in total. The molecule has 60 heavy (non-hydrogen) atoms. The molecule has 4 aromatic rings. The van der Waals surface area contributed by atoms with Crippen molar-refractivity contribution in [1.29, 1.82) is 0 Å². The van der Waals surface area contributed by atoms with Crippen LogP contribution in [0, 0.1) is 23.5 Å². The highest BCUT2D eigenvalue weighted by Gasteiger charge is 2.38. The van der Waals surface area contributed by atoms with E-state index < -0.39 is 35.8 Å². The van der Waals surface area contributed by atoms with E-state index in [0.717, 1.165) is 36.7 Å². The summed E-state index contributed by atoms with van der Waals surface area (Å²) in [5.74, 6) is -0.426. The fourth-order valence-electron chi connectivity index (χ4n) is 8.57. The molecule has 2 fully saturated rings. The Morgan fingerprint density at radius 3 is 1.38 bits per heavy atom. The monoisotopic (exact) mass is 832 g/mol. The predicted octanol–water partition coefficient (Wildman–Crippen LogP) is 3.93. The number of hydrogen-bond acceptors (Lipinski definition) is 8. The first-order valence-electron chi connectivity index (χ1n) is 21.5. The molecule has 0 radical (unpaired) electrons. The van der Waals surface area contributed by atoms with Gasteiger partial charge in [0.15, 0.2) is 0 Å². The van der Waals surface area contributed by atoms with Gasteiger partial charge < -0.3 is 40.2 Å². The number of halogens is 2. The van der Waals surface area contributed by atoms with E-state index >= 15 is 0 Å². The number of nitrogens with zero attached hydrogens (tertiary/aromatic N) is 6. The van der Waals surface area contributed by atoms with Crippen LogP contribution in [-0.2, 0) is 45.1 Å². The molecule has 2 aliphatic rings. The molecule has 0 spiro atoms. The third-order valence-corrected chi connectivity index (χ3v) is 12.4. The summed E-state index contributed by atoms with van der Waals surface area (Å²) in [5.41, 5.74) is 2.49. The SMILES string of the molecule is CN[C@H](C)C(=O)N[C@@H](C(=O)N1CCC[C@H]1Cn1c(CCc2nc3cc(F)ccc3n2C[C@@H]2CCCN2C(=O)[C@H](NC(=O)[C@@H](C)NC)C(C)C)nc2cc(F)ccc21)C(C)C. The molecule has 0 unspecified atom stereocenters. The molecule has 0 saturated carbocycles. The Labute approximate surface area is 351 Å². The maximum absolute atomic E-state index is 14.6. The number of aromatic nitrogens is 4. The van der Waals surface area contributed by atoms with E-state index in [1.807, 2.05) is 37.5 Å². The van der Waals surface area contributed by atoms with Crippen molar-refractivity contribution in [2.45, 2.75) is 129 Å². The van der Waals surface area contributed by atoms with E-state index in [1.54, 1.807) is 40.1 Å². The van der Waals surface area contributed by atoms with Gasteiger partial charge in [-0.05, 0) is 89.7 Å². The molecule has 2 aliphatic heterocycles. The van der Waals surface area contributed by atoms with Crippen LogP contribution in [0.25, 0.3) is 22.1 Å². The Balaban J connectivity index is 1.27. The molecule has 2 saturated heterocycles. The van der Waals surface area contributed by atoms with Crippen LogP contribution in [-0.4, -0.2) is 116 Å². The van der Waals surface area contributed by atoms with Crippen molar-refractivity contribution in [3.63, 3.8) is 0 Å². The normalized spacial score (nSPS) is 19.1. The molecule has 326 valence electrons. The van der Waals surface area contributed by atoms with Gasteiger partial charge in [0.25, 0.3) is 0 Å². The fraction of sp³-hybridized carbons (Fsp3) is 0.591. The second-order valence-corrected chi connectivity index (χ2v) is 17.2. The minimum Gasteiger partial charge on any atom is -0.343 e. The van der Waals surface area contributed by atoms with E-state index in [1.165, 1.54) is 24.3 Å². The van der Waals surface area contributed by atoms with Gasteiger partial charge in [-0.15, -0.1) is 0 Å². The zero-order valence-corrected chi connectivity index (χ0v) is 36.2. The van der Waals surface area contributed by atoms with Crippen LogP contribution in [0.3, 0.4) is 0 Å². The van der Waals surface area contributed by atoms with Crippen molar-refractivity contribution in [2.75, 3.05) is 27.2 Å². The van der Waals surface area contributed by atoms with Crippen LogP contribution in [0.2, 0.25) is 0 Å². The maximum Gasteiger partial charge on any atom is 0.245 e. The van der Waals surface area contributed by atoms with Crippen LogP contribution >= 0.6 is 0 Å². The van der Waals surface area contributed by atoms with Crippen molar-refractivity contribution in [1.82, 2.24) is 50.2 Å². The molecule has 4 heterocycles. The first-order chi connectivity index (χ1) is 28.6. The molecule has 0 aliphatic carbocycles. The fourth-order valence-corrected chi connectivity index (χ4v) is 8.57. The van der Waals surface area contributed by atoms with Crippen LogP contribution in [0.4, 0.5) is 8.78 Å². The summed E-state index contributed by atoms with van der Waals surface area (Å²) >= 11 is 0. The van der Waals surface area contributed by atoms with Crippen molar-refractivity contribution in [2.24, 2.45) is 11.8 Å². The molecule has 2 aromatic heterocycles. The van der Waals surface area contributed by atoms with Crippen LogP contribution in [0.1, 0.15) is 78.9 Å². The Morgan fingerprint density at radius 2 is 1.03 bits per heavy atom. The van der Waals surface area contributed by atoms with E-state index in [0.29, 0.717) is 61.7 Å². The number of likely N-dealkylation sites (N-methyl/N-ethyl adjacent to an activating group) is 2. The minimum atomic E-state index is -0.692. The van der Waals surface area contributed by atoms with Crippen molar-refractivity contribution < 1.29 is 28.0 Å². The minimum absolute atomic E-state index is 0.129. The number of fused-ring (bicyclic) bond motifs is 2. The predicted molar refractivity (Wildman–Crippen MR) is 227 cm³/mol. The van der Waals surface area contributed by atoms with E-state index in [2.05, 4.69) is 30.4 Å². The third-order valence-electron chi connectivity index (χ3n) is 12.4. The number of benzene rings is 2. The lowest BCUT2D eigenvalue weighted by Gasteiger charge is -2.32. The number of imidazole rings is 2. The number of hydrogen-bond donors (Lipinski definition) is 4. The smallest absolute Gasteiger partial charge is 0.245 e. The highest BCUT2D eigenvalue weighted by atomic mass is 19.1. The first-order valence-corrected chi connectivity index (χ1v) is 21.5. The summed E-state index contributed by atoms with van der Waals surface area (Å²) in [6, 6.07) is 6.42. The zero-order chi connectivity index (χ0) is 43.4. The van der Waals surface area contributed by atoms with E-state index in [9.17, 15) is 28.0 Å². The Bertz CT molecular complexity index is 2030. The molecular formula is C44H62F2N10O4. The van der Waals surface area contributed by atoms with Crippen LogP contribution < -0.4 is 21.3 Å². The lowest BCUT2D eigenvalue weighted by molar-refractivity contribution is -0.139. The summed E-state index contributed by atoms with van der Waals surface area (Å²) in [7, 11) is 3.40. The van der Waals surface area contributed by atoms with Gasteiger partial charge in [0.05, 0.1) is 34.2 Å². The molecule has 6 atom stereocenters. The van der Waals surface area contributed by atoms with E-state index in [4.69, 9.17) is 9.97 Å². The lowest BCUT2D eigenvalue weighted by Crippen LogP contribution is -2.55. The topological polar surface area (TPSA) is 159 Å². The summed E-state index contributed by atoms with van der Waals surface area (Å²) in [6.07, 6.45) is 3.94. The number of amides is 4. The highest BCUT2D eigenvalue weighted by molar-refractivity contribution is 5.91. The summed E-state index contributed by atoms with van der Waals surface area (Å²) in [5, 5.41) is 11.8. The zero-order valence-electron chi connectivity index (χ0n) is 36.2. The Morgan fingerprint density at radius 1 is 0.650 bits per heavy atom. The highest BCUT2D eigenvalue weighted by Crippen LogP contribution is 2.29. The second kappa shape index (κ2) is 19.2. The standard InChI is InChI=1S/C44H62F2N10O4/c1-25(2)39(51-41(57)27(5)47-7)43(59)53-19-9-11-31(53)23-55-35-15-13-29(45)21-33(35)49-37(55)17-18-38-50-34-22-30(46)14-16-36(34)56(38)24-32-12-10-20-54(32)44(60)40(26(3)4)52-42(58)28(6)48-8/h13-16,21-22,25-28,31-32,39-40,47-48H,9-12,17-20,23-24H2,1-8H3,(H,51,57)(H,52,58)/t27-,28-,31+,32+,39-,40-/m1/s1. The van der Waals surface area contributed by atoms with Gasteiger partial charge in [0.1, 0.15) is 35.4 Å². The molecule has 14 nitrogen and oxygen atoms in total. The van der Waals surface area contributed by atoms with Gasteiger partial charge >= 0.3 is 0 Å². The largest absolute Gasteiger partial charge is 0.343 e. The molecule has 0 bridgehead atoms. The number of nitrogens with one attached hydrogen (secondary N) is 4. The van der Waals surface area contributed by atoms with Gasteiger partial charge in [-0.25, -0.2) is 18.7 Å². The number of carbonyl (C=O) groups is 4. The van der Waals surface area contributed by atoms with Gasteiger partial charge in [0.2, 0.25) is 23.6 Å². The molecular weight excluding hydrogens is 771 g/mol. The average molecular weight is 833 g/mol. The lowest BCUT2D eigenvalue weighted by atomic mass is 10.0. The number of carbonyl (C=O) groups excluding carboxylic acids is 4. The van der Waals surface area contributed by atoms with E-state index in [-0.39, 0.29) is 47.5 Å². The summed E-state index contributed by atoms with van der Waals surface area (Å²) in [6.45, 7) is 13.2. The van der Waals surface area contributed by atoms with Crippen molar-refractivity contribution >= 4 is 45.7 Å². The first kappa shape index (κ1) is 44.6. The summed E-state index contributed by atoms with van der Waals surface area (Å²) in [4.78, 5) is 67.5.